The summed E-state index contributed by atoms with van der Waals surface area (Å²) in [4.78, 5) is 41.8. The van der Waals surface area contributed by atoms with Crippen LogP contribution in [0.3, 0.4) is 0 Å². The zero-order chi connectivity index (χ0) is 27.6. The van der Waals surface area contributed by atoms with Gasteiger partial charge in [0.15, 0.2) is 5.76 Å². The first-order valence-corrected chi connectivity index (χ1v) is 13.0. The number of carbonyl (C=O) groups excluding carboxylic acids is 3. The van der Waals surface area contributed by atoms with Gasteiger partial charge < -0.3 is 34.8 Å². The average Bonchev–Trinajstić information content (AvgIpc) is 3.69. The number of benzene rings is 1. The molecule has 206 valence electrons. The number of ether oxygens (including phenoxy) is 1. The molecule has 0 bridgehead atoms. The fourth-order valence-electron chi connectivity index (χ4n) is 4.53. The summed E-state index contributed by atoms with van der Waals surface area (Å²) in [5.74, 6) is 0.769. The number of aliphatic hydroxyl groups excluding tert-OH is 1. The molecule has 3 atom stereocenters. The molecule has 2 aliphatic rings. The van der Waals surface area contributed by atoms with Crippen molar-refractivity contribution in [2.24, 2.45) is 11.8 Å². The number of fused-ring (bicyclic) bond motifs is 1. The van der Waals surface area contributed by atoms with E-state index in [-0.39, 0.29) is 55.3 Å². The lowest BCUT2D eigenvalue weighted by Crippen LogP contribution is -2.48. The van der Waals surface area contributed by atoms with Crippen LogP contribution in [0.15, 0.2) is 22.7 Å². The van der Waals surface area contributed by atoms with E-state index in [2.05, 4.69) is 15.8 Å². The summed E-state index contributed by atoms with van der Waals surface area (Å²) in [6.45, 7) is 7.66. The summed E-state index contributed by atoms with van der Waals surface area (Å²) in [7, 11) is 1.67. The van der Waals surface area contributed by atoms with Crippen molar-refractivity contribution in [1.29, 1.82) is 0 Å². The average molecular weight is 528 g/mol. The van der Waals surface area contributed by atoms with Gasteiger partial charge in [0.05, 0.1) is 25.6 Å². The lowest BCUT2D eigenvalue weighted by Gasteiger charge is -2.34. The van der Waals surface area contributed by atoms with Crippen LogP contribution in [0, 0.1) is 25.7 Å². The largest absolute Gasteiger partial charge is 0.488 e. The quantitative estimate of drug-likeness (QED) is 0.503. The second kappa shape index (κ2) is 11.4. The van der Waals surface area contributed by atoms with Crippen molar-refractivity contribution in [3.8, 4) is 5.75 Å². The molecule has 2 heterocycles. The van der Waals surface area contributed by atoms with Gasteiger partial charge in [-0.05, 0) is 51.8 Å². The minimum Gasteiger partial charge on any atom is -0.488 e. The molecule has 0 unspecified atom stereocenters. The third-order valence-electron chi connectivity index (χ3n) is 7.20. The Balaban J connectivity index is 1.58. The van der Waals surface area contributed by atoms with Crippen LogP contribution in [0.2, 0.25) is 0 Å². The van der Waals surface area contributed by atoms with Crippen LogP contribution in [0.4, 0.5) is 16.2 Å². The number of amides is 4. The molecular weight excluding hydrogens is 490 g/mol. The van der Waals surface area contributed by atoms with E-state index in [0.717, 1.165) is 12.8 Å². The van der Waals surface area contributed by atoms with Crippen LogP contribution < -0.4 is 15.4 Å². The van der Waals surface area contributed by atoms with Crippen molar-refractivity contribution >= 4 is 29.2 Å². The molecule has 38 heavy (non-hydrogen) atoms. The molecule has 1 aliphatic heterocycles. The van der Waals surface area contributed by atoms with Crippen molar-refractivity contribution < 1.29 is 28.8 Å². The summed E-state index contributed by atoms with van der Waals surface area (Å²) in [6, 6.07) is 4.58. The first-order chi connectivity index (χ1) is 18.1. The van der Waals surface area contributed by atoms with Crippen LogP contribution in [0.5, 0.6) is 5.75 Å². The van der Waals surface area contributed by atoms with Crippen molar-refractivity contribution in [3.05, 3.63) is 35.2 Å². The minimum atomic E-state index is -0.458. The molecule has 1 fully saturated rings. The van der Waals surface area contributed by atoms with Gasteiger partial charge in [0.2, 0.25) is 11.8 Å². The third kappa shape index (κ3) is 6.27. The number of nitrogens with one attached hydrogen (secondary N) is 2. The van der Waals surface area contributed by atoms with Crippen LogP contribution in [0.25, 0.3) is 0 Å². The zero-order valence-electron chi connectivity index (χ0n) is 22.6. The van der Waals surface area contributed by atoms with E-state index in [1.165, 1.54) is 4.90 Å². The van der Waals surface area contributed by atoms with Crippen LogP contribution in [-0.2, 0) is 16.0 Å². The standard InChI is InChI=1S/C27H37N5O6/c1-15-12-32(16(2)14-33)24(34)11-20-10-21(28-26(35)19-6-7-19)8-9-22(20)37-23(15)13-31(5)27(36)29-25-17(3)30-38-18(25)4/h8-10,15-16,19,23,33H,6-7,11-14H2,1-5H3,(H,28,35)(H,29,36)/t15-,16-,23+/m0/s1. The Morgan fingerprint density at radius 1 is 1.26 bits per heavy atom. The van der Waals surface area contributed by atoms with Gasteiger partial charge in [0, 0.05) is 36.7 Å². The van der Waals surface area contributed by atoms with Gasteiger partial charge in [-0.2, -0.15) is 0 Å². The Hall–Kier alpha value is -3.60. The van der Waals surface area contributed by atoms with E-state index in [9.17, 15) is 19.5 Å². The number of likely N-dealkylation sites (N-methyl/N-ethyl adjacent to an activating group) is 1. The smallest absolute Gasteiger partial charge is 0.321 e. The highest BCUT2D eigenvalue weighted by Gasteiger charge is 2.33. The summed E-state index contributed by atoms with van der Waals surface area (Å²) in [5.41, 5.74) is 2.37. The van der Waals surface area contributed by atoms with Crippen LogP contribution >= 0.6 is 0 Å². The van der Waals surface area contributed by atoms with Gasteiger partial charge in [0.25, 0.3) is 0 Å². The Bertz CT molecular complexity index is 1170. The Labute approximate surface area is 222 Å². The summed E-state index contributed by atoms with van der Waals surface area (Å²) < 4.78 is 11.6. The summed E-state index contributed by atoms with van der Waals surface area (Å²) in [6.07, 6.45) is 1.39. The number of hydrogen-bond acceptors (Lipinski definition) is 7. The SMILES string of the molecule is Cc1noc(C)c1NC(=O)N(C)C[C@H]1Oc2ccc(NC(=O)C3CC3)cc2CC(=O)N([C@@H](C)CO)C[C@@H]1C. The van der Waals surface area contributed by atoms with E-state index in [4.69, 9.17) is 9.26 Å². The number of rotatable bonds is 7. The molecule has 11 nitrogen and oxygen atoms in total. The van der Waals surface area contributed by atoms with Crippen molar-refractivity contribution in [2.75, 3.05) is 37.4 Å². The van der Waals surface area contributed by atoms with Gasteiger partial charge in [-0.3, -0.25) is 9.59 Å². The van der Waals surface area contributed by atoms with Crippen LogP contribution in [0.1, 0.15) is 43.7 Å². The molecule has 1 aliphatic carbocycles. The predicted molar refractivity (Wildman–Crippen MR) is 141 cm³/mol. The summed E-state index contributed by atoms with van der Waals surface area (Å²) >= 11 is 0. The molecule has 0 spiro atoms. The zero-order valence-corrected chi connectivity index (χ0v) is 22.6. The lowest BCUT2D eigenvalue weighted by atomic mass is 10.0. The Morgan fingerprint density at radius 3 is 2.63 bits per heavy atom. The topological polar surface area (TPSA) is 137 Å². The second-order valence-corrected chi connectivity index (χ2v) is 10.5. The van der Waals surface area contributed by atoms with Crippen molar-refractivity contribution in [1.82, 2.24) is 15.0 Å². The fourth-order valence-corrected chi connectivity index (χ4v) is 4.53. The van der Waals surface area contributed by atoms with E-state index in [0.29, 0.717) is 40.7 Å². The van der Waals surface area contributed by atoms with Gasteiger partial charge in [0.1, 0.15) is 23.2 Å². The van der Waals surface area contributed by atoms with E-state index >= 15 is 0 Å². The van der Waals surface area contributed by atoms with Crippen molar-refractivity contribution in [3.63, 3.8) is 0 Å². The molecule has 0 radical (unpaired) electrons. The fraction of sp³-hybridized carbons (Fsp3) is 0.556. The molecule has 3 N–H and O–H groups in total. The maximum atomic E-state index is 13.3. The van der Waals surface area contributed by atoms with Gasteiger partial charge >= 0.3 is 6.03 Å². The number of aromatic nitrogens is 1. The van der Waals surface area contributed by atoms with E-state index in [1.54, 1.807) is 50.9 Å². The number of nitrogens with zero attached hydrogens (tertiary/aromatic N) is 3. The first-order valence-electron chi connectivity index (χ1n) is 13.0. The first kappa shape index (κ1) is 27.4. The molecule has 2 aromatic rings. The van der Waals surface area contributed by atoms with E-state index in [1.807, 2.05) is 6.92 Å². The Morgan fingerprint density at radius 2 is 2.00 bits per heavy atom. The minimum absolute atomic E-state index is 0.0202. The third-order valence-corrected chi connectivity index (χ3v) is 7.20. The number of urea groups is 1. The molecule has 1 saturated carbocycles. The van der Waals surface area contributed by atoms with Crippen molar-refractivity contribution in [2.45, 2.75) is 59.1 Å². The second-order valence-electron chi connectivity index (χ2n) is 10.5. The lowest BCUT2D eigenvalue weighted by molar-refractivity contribution is -0.134. The number of anilines is 2. The molecule has 4 rings (SSSR count). The molecule has 1 aromatic heterocycles. The maximum Gasteiger partial charge on any atom is 0.321 e. The Kier molecular flexibility index (Phi) is 8.25. The van der Waals surface area contributed by atoms with Crippen LogP contribution in [-0.4, -0.2) is 76.8 Å². The number of hydrogen-bond donors (Lipinski definition) is 3. The summed E-state index contributed by atoms with van der Waals surface area (Å²) in [5, 5.41) is 19.5. The van der Waals surface area contributed by atoms with E-state index < -0.39 is 6.10 Å². The highest BCUT2D eigenvalue weighted by molar-refractivity contribution is 5.94. The van der Waals surface area contributed by atoms with Gasteiger partial charge in [-0.1, -0.05) is 12.1 Å². The normalized spacial score (nSPS) is 20.4. The molecule has 0 saturated heterocycles. The number of carbonyl (C=O) groups is 3. The molecule has 1 aromatic carbocycles. The highest BCUT2D eigenvalue weighted by Crippen LogP contribution is 2.32. The molecular formula is C27H37N5O6. The number of aryl methyl sites for hydroxylation is 2. The maximum absolute atomic E-state index is 13.3. The number of aliphatic hydroxyl groups is 1. The monoisotopic (exact) mass is 527 g/mol. The van der Waals surface area contributed by atoms with Gasteiger partial charge in [-0.15, -0.1) is 0 Å². The molecule has 11 heteroatoms. The predicted octanol–water partition coefficient (Wildman–Crippen LogP) is 2.95. The van der Waals surface area contributed by atoms with Gasteiger partial charge in [-0.25, -0.2) is 4.79 Å². The highest BCUT2D eigenvalue weighted by atomic mass is 16.5. The molecule has 4 amide bonds.